The van der Waals surface area contributed by atoms with Crippen LogP contribution >= 0.6 is 0 Å². The average Bonchev–Trinajstić information content (AvgIpc) is 3.33. The Kier molecular flexibility index (Phi) is 6.02. The molecule has 0 spiro atoms. The summed E-state index contributed by atoms with van der Waals surface area (Å²) in [5, 5.41) is 16.2. The van der Waals surface area contributed by atoms with Crippen molar-refractivity contribution in [1.82, 2.24) is 19.9 Å². The predicted molar refractivity (Wildman–Crippen MR) is 97.9 cm³/mol. The quantitative estimate of drug-likeness (QED) is 0.638. The Hall–Kier alpha value is -2.23. The second-order valence-corrected chi connectivity index (χ2v) is 7.51. The maximum atomic E-state index is 13.0. The molecule has 0 N–H and O–H groups in total. The van der Waals surface area contributed by atoms with Gasteiger partial charge in [0.25, 0.3) is 0 Å². The standard InChI is InChI=1S/C19H28N6O/c1-3-4-11-19(21-22-19)12-10-18(26)25(14-16-8-6-5-7-9-16)15-17-13-20-23-24(17)2/h1,13,16H,4-12,14-15H2,2H3. The molecule has 1 amide bonds. The van der Waals surface area contributed by atoms with E-state index in [9.17, 15) is 4.79 Å². The molecular formula is C19H28N6O. The van der Waals surface area contributed by atoms with Crippen LogP contribution in [0.3, 0.4) is 0 Å². The Balaban J connectivity index is 1.59. The van der Waals surface area contributed by atoms with Crippen LogP contribution in [0.15, 0.2) is 16.4 Å². The first kappa shape index (κ1) is 18.6. The van der Waals surface area contributed by atoms with Crippen molar-refractivity contribution in [2.45, 2.75) is 70.0 Å². The molecule has 2 aliphatic rings. The summed E-state index contributed by atoms with van der Waals surface area (Å²) in [5.41, 5.74) is 0.559. The lowest BCUT2D eigenvalue weighted by Gasteiger charge is -2.30. The molecule has 26 heavy (non-hydrogen) atoms. The van der Waals surface area contributed by atoms with Crippen molar-refractivity contribution >= 4 is 5.91 Å². The lowest BCUT2D eigenvalue weighted by atomic mass is 9.88. The summed E-state index contributed by atoms with van der Waals surface area (Å²) in [7, 11) is 1.86. The molecule has 7 nitrogen and oxygen atoms in total. The molecule has 1 aliphatic carbocycles. The number of carbonyl (C=O) groups excluding carboxylic acids is 1. The van der Waals surface area contributed by atoms with Gasteiger partial charge in [0, 0.05) is 39.3 Å². The van der Waals surface area contributed by atoms with Crippen molar-refractivity contribution in [3.63, 3.8) is 0 Å². The maximum absolute atomic E-state index is 13.0. The van der Waals surface area contributed by atoms with Crippen LogP contribution in [0, 0.1) is 18.3 Å². The van der Waals surface area contributed by atoms with E-state index in [1.54, 1.807) is 10.9 Å². The van der Waals surface area contributed by atoms with E-state index in [4.69, 9.17) is 6.42 Å². The van der Waals surface area contributed by atoms with Gasteiger partial charge < -0.3 is 4.90 Å². The van der Waals surface area contributed by atoms with Gasteiger partial charge in [-0.2, -0.15) is 10.2 Å². The van der Waals surface area contributed by atoms with E-state index in [-0.39, 0.29) is 5.91 Å². The van der Waals surface area contributed by atoms with Crippen molar-refractivity contribution in [3.05, 3.63) is 11.9 Å². The van der Waals surface area contributed by atoms with Crippen molar-refractivity contribution in [1.29, 1.82) is 0 Å². The van der Waals surface area contributed by atoms with Crippen molar-refractivity contribution < 1.29 is 4.79 Å². The minimum Gasteiger partial charge on any atom is -0.336 e. The van der Waals surface area contributed by atoms with Gasteiger partial charge >= 0.3 is 0 Å². The van der Waals surface area contributed by atoms with Crippen LogP contribution < -0.4 is 0 Å². The first-order chi connectivity index (χ1) is 12.6. The summed E-state index contributed by atoms with van der Waals surface area (Å²) in [6, 6.07) is 0. The molecule has 3 rings (SSSR count). The largest absolute Gasteiger partial charge is 0.336 e. The monoisotopic (exact) mass is 356 g/mol. The number of aryl methyl sites for hydroxylation is 1. The smallest absolute Gasteiger partial charge is 0.223 e. The number of carbonyl (C=O) groups is 1. The lowest BCUT2D eigenvalue weighted by molar-refractivity contribution is -0.133. The van der Waals surface area contributed by atoms with Crippen LogP contribution in [0.4, 0.5) is 0 Å². The number of terminal acetylenes is 1. The zero-order valence-electron chi connectivity index (χ0n) is 15.6. The van der Waals surface area contributed by atoms with Gasteiger partial charge in [0.2, 0.25) is 5.91 Å². The Morgan fingerprint density at radius 1 is 1.35 bits per heavy atom. The molecule has 7 heteroatoms. The fraction of sp³-hybridized carbons (Fsp3) is 0.737. The van der Waals surface area contributed by atoms with Crippen LogP contribution in [0.5, 0.6) is 0 Å². The van der Waals surface area contributed by atoms with E-state index >= 15 is 0 Å². The second-order valence-electron chi connectivity index (χ2n) is 7.51. The first-order valence-corrected chi connectivity index (χ1v) is 9.61. The SMILES string of the molecule is C#CCCC1(CCC(=O)N(Cc2cnnn2C)CC2CCCCC2)N=N1. The minimum atomic E-state index is -0.396. The summed E-state index contributed by atoms with van der Waals surface area (Å²) in [6.45, 7) is 1.38. The topological polar surface area (TPSA) is 75.7 Å². The summed E-state index contributed by atoms with van der Waals surface area (Å²) in [5.74, 6) is 3.39. The third-order valence-electron chi connectivity index (χ3n) is 5.51. The molecule has 2 heterocycles. The second kappa shape index (κ2) is 8.43. The molecule has 1 aromatic heterocycles. The number of rotatable bonds is 9. The van der Waals surface area contributed by atoms with Gasteiger partial charge in [-0.1, -0.05) is 24.5 Å². The molecule has 0 aromatic carbocycles. The molecule has 1 saturated carbocycles. The zero-order chi connectivity index (χ0) is 18.4. The number of aromatic nitrogens is 3. The summed E-state index contributed by atoms with van der Waals surface area (Å²) < 4.78 is 1.74. The van der Waals surface area contributed by atoms with E-state index in [0.717, 1.165) is 18.7 Å². The highest BCUT2D eigenvalue weighted by molar-refractivity contribution is 5.76. The van der Waals surface area contributed by atoms with Crippen LogP contribution in [0.1, 0.15) is 63.5 Å². The molecule has 1 fully saturated rings. The molecule has 0 saturated heterocycles. The van der Waals surface area contributed by atoms with E-state index in [1.165, 1.54) is 32.1 Å². The van der Waals surface area contributed by atoms with Gasteiger partial charge in [0.1, 0.15) is 0 Å². The van der Waals surface area contributed by atoms with Gasteiger partial charge in [-0.05, 0) is 18.8 Å². The van der Waals surface area contributed by atoms with Crippen molar-refractivity contribution in [2.75, 3.05) is 6.54 Å². The highest BCUT2D eigenvalue weighted by Gasteiger charge is 2.39. The lowest BCUT2D eigenvalue weighted by Crippen LogP contribution is -2.36. The third-order valence-corrected chi connectivity index (χ3v) is 5.51. The molecule has 1 aromatic rings. The molecule has 0 unspecified atom stereocenters. The number of hydrogen-bond acceptors (Lipinski definition) is 5. The average molecular weight is 356 g/mol. The summed E-state index contributed by atoms with van der Waals surface area (Å²) in [4.78, 5) is 14.9. The molecule has 0 atom stereocenters. The fourth-order valence-corrected chi connectivity index (χ4v) is 3.72. The van der Waals surface area contributed by atoms with E-state index < -0.39 is 5.66 Å². The van der Waals surface area contributed by atoms with Gasteiger partial charge in [0.15, 0.2) is 5.66 Å². The predicted octanol–water partition coefficient (Wildman–Crippen LogP) is 3.08. The minimum absolute atomic E-state index is 0.161. The van der Waals surface area contributed by atoms with Gasteiger partial charge in [-0.25, -0.2) is 0 Å². The van der Waals surface area contributed by atoms with Crippen molar-refractivity contribution in [3.8, 4) is 12.3 Å². The molecule has 0 bridgehead atoms. The summed E-state index contributed by atoms with van der Waals surface area (Å²) in [6.07, 6.45) is 15.9. The number of amides is 1. The van der Waals surface area contributed by atoms with Crippen LogP contribution in [0.2, 0.25) is 0 Å². The Labute approximate surface area is 155 Å². The maximum Gasteiger partial charge on any atom is 0.223 e. The van der Waals surface area contributed by atoms with E-state index in [1.807, 2.05) is 11.9 Å². The van der Waals surface area contributed by atoms with Crippen LogP contribution in [0.25, 0.3) is 0 Å². The molecule has 140 valence electrons. The molecule has 0 radical (unpaired) electrons. The van der Waals surface area contributed by atoms with Crippen molar-refractivity contribution in [2.24, 2.45) is 23.2 Å². The van der Waals surface area contributed by atoms with Crippen LogP contribution in [-0.4, -0.2) is 38.0 Å². The normalized spacial score (nSPS) is 18.5. The summed E-state index contributed by atoms with van der Waals surface area (Å²) >= 11 is 0. The van der Waals surface area contributed by atoms with E-state index in [2.05, 4.69) is 26.5 Å². The highest BCUT2D eigenvalue weighted by atomic mass is 16.2. The zero-order valence-corrected chi connectivity index (χ0v) is 15.6. The highest BCUT2D eigenvalue weighted by Crippen LogP contribution is 2.38. The number of hydrogen-bond donors (Lipinski definition) is 0. The number of nitrogens with zero attached hydrogens (tertiary/aromatic N) is 6. The van der Waals surface area contributed by atoms with Gasteiger partial charge in [-0.15, -0.1) is 17.4 Å². The third kappa shape index (κ3) is 4.90. The van der Waals surface area contributed by atoms with Gasteiger partial charge in [0.05, 0.1) is 18.4 Å². The Bertz CT molecular complexity index is 676. The first-order valence-electron chi connectivity index (χ1n) is 9.61. The Morgan fingerprint density at radius 3 is 2.73 bits per heavy atom. The van der Waals surface area contributed by atoms with E-state index in [0.29, 0.717) is 31.7 Å². The van der Waals surface area contributed by atoms with Crippen LogP contribution in [-0.2, 0) is 18.4 Å². The van der Waals surface area contributed by atoms with Gasteiger partial charge in [-0.3, -0.25) is 9.48 Å². The molecule has 1 aliphatic heterocycles. The molecular weight excluding hydrogens is 328 g/mol. The Morgan fingerprint density at radius 2 is 2.12 bits per heavy atom. The fourth-order valence-electron chi connectivity index (χ4n) is 3.72.